The summed E-state index contributed by atoms with van der Waals surface area (Å²) in [6.45, 7) is 3.23. The van der Waals surface area contributed by atoms with E-state index in [1.54, 1.807) is 0 Å². The largest absolute Gasteiger partial charge is 0.345 e. The van der Waals surface area contributed by atoms with Crippen molar-refractivity contribution in [2.75, 3.05) is 26.7 Å². The van der Waals surface area contributed by atoms with Crippen LogP contribution >= 0.6 is 0 Å². The topological polar surface area (TPSA) is 32.3 Å². The Hall–Kier alpha value is -0.570. The molecule has 3 fully saturated rings. The van der Waals surface area contributed by atoms with Gasteiger partial charge in [0.05, 0.1) is 0 Å². The van der Waals surface area contributed by atoms with Crippen LogP contribution in [0.5, 0.6) is 0 Å². The summed E-state index contributed by atoms with van der Waals surface area (Å²) in [5, 5.41) is 3.39. The molecule has 102 valence electrons. The number of hydrogen-bond donors (Lipinski definition) is 1. The Morgan fingerprint density at radius 1 is 1.17 bits per heavy atom. The molecule has 3 unspecified atom stereocenters. The second kappa shape index (κ2) is 5.20. The lowest BCUT2D eigenvalue weighted by molar-refractivity contribution is -0.136. The van der Waals surface area contributed by atoms with E-state index in [2.05, 4.69) is 5.32 Å². The zero-order chi connectivity index (χ0) is 12.5. The van der Waals surface area contributed by atoms with Crippen molar-refractivity contribution in [1.82, 2.24) is 10.2 Å². The number of nitrogens with one attached hydrogen (secondary N) is 1. The quantitative estimate of drug-likeness (QED) is 0.829. The summed E-state index contributed by atoms with van der Waals surface area (Å²) in [7, 11) is 2.02. The van der Waals surface area contributed by atoms with Crippen molar-refractivity contribution in [2.24, 2.45) is 23.7 Å². The minimum atomic E-state index is 0.371. The summed E-state index contributed by atoms with van der Waals surface area (Å²) < 4.78 is 0. The highest BCUT2D eigenvalue weighted by atomic mass is 16.2. The van der Waals surface area contributed by atoms with Crippen molar-refractivity contribution in [2.45, 2.75) is 38.5 Å². The van der Waals surface area contributed by atoms with Crippen LogP contribution in [-0.4, -0.2) is 37.5 Å². The maximum atomic E-state index is 12.5. The highest BCUT2D eigenvalue weighted by molar-refractivity contribution is 5.79. The highest BCUT2D eigenvalue weighted by Gasteiger charge is 2.44. The summed E-state index contributed by atoms with van der Waals surface area (Å²) >= 11 is 0. The molecule has 0 aromatic heterocycles. The molecule has 1 aliphatic heterocycles. The van der Waals surface area contributed by atoms with Crippen molar-refractivity contribution in [3.8, 4) is 0 Å². The van der Waals surface area contributed by atoms with E-state index in [1.165, 1.54) is 38.5 Å². The fraction of sp³-hybridized carbons (Fsp3) is 0.933. The molecule has 3 rings (SSSR count). The Morgan fingerprint density at radius 2 is 1.94 bits per heavy atom. The molecule has 2 saturated carbocycles. The van der Waals surface area contributed by atoms with E-state index in [1.807, 2.05) is 11.9 Å². The van der Waals surface area contributed by atoms with Crippen molar-refractivity contribution >= 4 is 5.91 Å². The molecule has 18 heavy (non-hydrogen) atoms. The van der Waals surface area contributed by atoms with Crippen LogP contribution in [0.2, 0.25) is 0 Å². The van der Waals surface area contributed by atoms with Crippen molar-refractivity contribution in [1.29, 1.82) is 0 Å². The molecule has 3 heteroatoms. The predicted molar refractivity (Wildman–Crippen MR) is 72.2 cm³/mol. The Labute approximate surface area is 110 Å². The Morgan fingerprint density at radius 3 is 2.56 bits per heavy atom. The van der Waals surface area contributed by atoms with E-state index in [0.717, 1.165) is 37.4 Å². The Bertz CT molecular complexity index is 312. The van der Waals surface area contributed by atoms with Gasteiger partial charge < -0.3 is 10.2 Å². The first kappa shape index (κ1) is 12.5. The first-order chi connectivity index (χ1) is 8.74. The second-order valence-electron chi connectivity index (χ2n) is 6.69. The Kier molecular flexibility index (Phi) is 3.60. The van der Waals surface area contributed by atoms with E-state index in [-0.39, 0.29) is 0 Å². The third-order valence-electron chi connectivity index (χ3n) is 5.42. The van der Waals surface area contributed by atoms with Gasteiger partial charge in [0.1, 0.15) is 0 Å². The molecular weight excluding hydrogens is 224 g/mol. The lowest BCUT2D eigenvalue weighted by Crippen LogP contribution is -2.40. The molecule has 1 saturated heterocycles. The highest BCUT2D eigenvalue weighted by Crippen LogP contribution is 2.48. The van der Waals surface area contributed by atoms with Crippen LogP contribution in [0.3, 0.4) is 0 Å². The first-order valence-corrected chi connectivity index (χ1v) is 7.69. The molecule has 0 radical (unpaired) electrons. The molecule has 3 nitrogen and oxygen atoms in total. The smallest absolute Gasteiger partial charge is 0.225 e. The summed E-state index contributed by atoms with van der Waals surface area (Å²) in [5.41, 5.74) is 0. The van der Waals surface area contributed by atoms with E-state index in [9.17, 15) is 4.79 Å². The number of fused-ring (bicyclic) bond motifs is 2. The van der Waals surface area contributed by atoms with Crippen molar-refractivity contribution in [3.63, 3.8) is 0 Å². The van der Waals surface area contributed by atoms with E-state index in [0.29, 0.717) is 11.8 Å². The normalized spacial score (nSPS) is 35.9. The zero-order valence-electron chi connectivity index (χ0n) is 11.5. The zero-order valence-corrected chi connectivity index (χ0v) is 11.5. The number of carbonyl (C=O) groups is 1. The molecule has 0 aromatic carbocycles. The minimum Gasteiger partial charge on any atom is -0.345 e. The summed E-state index contributed by atoms with van der Waals surface area (Å²) in [6, 6.07) is 0. The average molecular weight is 250 g/mol. The van der Waals surface area contributed by atoms with E-state index < -0.39 is 0 Å². The van der Waals surface area contributed by atoms with Gasteiger partial charge in [-0.25, -0.2) is 0 Å². The molecular formula is C15H26N2O. The summed E-state index contributed by atoms with van der Waals surface area (Å²) in [4.78, 5) is 14.6. The van der Waals surface area contributed by atoms with Crippen molar-refractivity contribution < 1.29 is 4.79 Å². The number of rotatable bonds is 3. The van der Waals surface area contributed by atoms with Crippen LogP contribution in [0.4, 0.5) is 0 Å². The van der Waals surface area contributed by atoms with Gasteiger partial charge in [0.2, 0.25) is 5.91 Å². The van der Waals surface area contributed by atoms with Gasteiger partial charge in [-0.15, -0.1) is 0 Å². The maximum Gasteiger partial charge on any atom is 0.225 e. The second-order valence-corrected chi connectivity index (χ2v) is 6.69. The van der Waals surface area contributed by atoms with Crippen LogP contribution in [0.25, 0.3) is 0 Å². The molecule has 1 amide bonds. The summed E-state index contributed by atoms with van der Waals surface area (Å²) in [6.07, 6.45) is 7.66. The predicted octanol–water partition coefficient (Wildman–Crippen LogP) is 1.88. The fourth-order valence-electron chi connectivity index (χ4n) is 4.37. The number of nitrogens with zero attached hydrogens (tertiary/aromatic N) is 1. The summed E-state index contributed by atoms with van der Waals surface area (Å²) in [5.74, 6) is 3.13. The van der Waals surface area contributed by atoms with Gasteiger partial charge in [0, 0.05) is 19.5 Å². The number of hydrogen-bond acceptors (Lipinski definition) is 2. The molecule has 0 spiro atoms. The number of piperidine rings is 1. The molecule has 2 aliphatic carbocycles. The van der Waals surface area contributed by atoms with Gasteiger partial charge in [0.25, 0.3) is 0 Å². The SMILES string of the molecule is CN(CC1CCNCC1)C(=O)C1CC2CCC1C2. The third kappa shape index (κ3) is 2.42. The van der Waals surface area contributed by atoms with E-state index in [4.69, 9.17) is 0 Å². The van der Waals surface area contributed by atoms with Gasteiger partial charge in [-0.05, 0) is 62.9 Å². The fourth-order valence-corrected chi connectivity index (χ4v) is 4.37. The standard InChI is InChI=1S/C15H26N2O/c1-17(10-11-4-6-16-7-5-11)15(18)14-9-12-2-3-13(14)8-12/h11-14,16H,2-10H2,1H3. The lowest BCUT2D eigenvalue weighted by atomic mass is 9.87. The Balaban J connectivity index is 1.52. The van der Waals surface area contributed by atoms with Crippen LogP contribution in [0, 0.1) is 23.7 Å². The monoisotopic (exact) mass is 250 g/mol. The maximum absolute atomic E-state index is 12.5. The van der Waals surface area contributed by atoms with Gasteiger partial charge in [-0.1, -0.05) is 6.42 Å². The van der Waals surface area contributed by atoms with Gasteiger partial charge in [0.15, 0.2) is 0 Å². The molecule has 1 heterocycles. The molecule has 1 N–H and O–H groups in total. The van der Waals surface area contributed by atoms with E-state index >= 15 is 0 Å². The molecule has 2 bridgehead atoms. The van der Waals surface area contributed by atoms with Crippen LogP contribution in [0.1, 0.15) is 38.5 Å². The minimum absolute atomic E-state index is 0.371. The van der Waals surface area contributed by atoms with Crippen LogP contribution in [-0.2, 0) is 4.79 Å². The number of amides is 1. The average Bonchev–Trinajstić information content (AvgIpc) is 3.01. The first-order valence-electron chi connectivity index (χ1n) is 7.69. The van der Waals surface area contributed by atoms with Gasteiger partial charge >= 0.3 is 0 Å². The molecule has 3 atom stereocenters. The molecule has 0 aromatic rings. The van der Waals surface area contributed by atoms with Gasteiger partial charge in [-0.3, -0.25) is 4.79 Å². The molecule has 3 aliphatic rings. The van der Waals surface area contributed by atoms with Gasteiger partial charge in [-0.2, -0.15) is 0 Å². The number of carbonyl (C=O) groups excluding carboxylic acids is 1. The lowest BCUT2D eigenvalue weighted by Gasteiger charge is -2.31. The van der Waals surface area contributed by atoms with Crippen molar-refractivity contribution in [3.05, 3.63) is 0 Å². The third-order valence-corrected chi connectivity index (χ3v) is 5.42. The van der Waals surface area contributed by atoms with Crippen LogP contribution < -0.4 is 5.32 Å². The van der Waals surface area contributed by atoms with Crippen LogP contribution in [0.15, 0.2) is 0 Å².